The first-order valence-corrected chi connectivity index (χ1v) is 8.43. The third-order valence-electron chi connectivity index (χ3n) is 3.97. The summed E-state index contributed by atoms with van der Waals surface area (Å²) in [6, 6.07) is 3.77. The van der Waals surface area contributed by atoms with Crippen LogP contribution in [0, 0.1) is 11.7 Å². The van der Waals surface area contributed by atoms with Crippen LogP contribution in [0.2, 0.25) is 0 Å². The van der Waals surface area contributed by atoms with Crippen LogP contribution in [0.3, 0.4) is 0 Å². The second-order valence-corrected chi connectivity index (χ2v) is 7.11. The van der Waals surface area contributed by atoms with Gasteiger partial charge in [0.15, 0.2) is 0 Å². The van der Waals surface area contributed by atoms with Crippen molar-refractivity contribution in [2.75, 3.05) is 0 Å². The Morgan fingerprint density at radius 1 is 1.40 bits per heavy atom. The van der Waals surface area contributed by atoms with Gasteiger partial charge in [0.2, 0.25) is 10.0 Å². The van der Waals surface area contributed by atoms with E-state index in [2.05, 4.69) is 4.72 Å². The fourth-order valence-electron chi connectivity index (χ4n) is 2.74. The lowest BCUT2D eigenvalue weighted by Gasteiger charge is -2.20. The third-order valence-corrected chi connectivity index (χ3v) is 5.54. The Balaban J connectivity index is 2.21. The van der Waals surface area contributed by atoms with E-state index in [1.165, 1.54) is 12.1 Å². The van der Waals surface area contributed by atoms with E-state index < -0.39 is 15.8 Å². The van der Waals surface area contributed by atoms with E-state index in [0.717, 1.165) is 31.7 Å². The Kier molecular flexibility index (Phi) is 4.78. The molecule has 0 amide bonds. The molecule has 0 spiro atoms. The second kappa shape index (κ2) is 6.20. The zero-order valence-electron chi connectivity index (χ0n) is 11.6. The molecule has 0 bridgehead atoms. The van der Waals surface area contributed by atoms with Gasteiger partial charge in [-0.1, -0.05) is 18.9 Å². The van der Waals surface area contributed by atoms with Gasteiger partial charge in [-0.3, -0.25) is 0 Å². The highest BCUT2D eigenvalue weighted by Crippen LogP contribution is 2.28. The highest BCUT2D eigenvalue weighted by molar-refractivity contribution is 7.89. The maximum Gasteiger partial charge on any atom is 0.243 e. The van der Waals surface area contributed by atoms with Gasteiger partial charge in [0, 0.05) is 12.6 Å². The molecule has 0 heterocycles. The molecular weight excluding hydrogens is 279 g/mol. The fraction of sp³-hybridized carbons (Fsp3) is 0.571. The predicted octanol–water partition coefficient (Wildman–Crippen LogP) is 2.14. The number of rotatable bonds is 5. The van der Waals surface area contributed by atoms with Gasteiger partial charge in [-0.2, -0.15) is 0 Å². The summed E-state index contributed by atoms with van der Waals surface area (Å²) in [6.45, 7) is 2.03. The van der Waals surface area contributed by atoms with Crippen LogP contribution in [0.15, 0.2) is 23.1 Å². The van der Waals surface area contributed by atoms with Crippen molar-refractivity contribution in [2.24, 2.45) is 11.7 Å². The van der Waals surface area contributed by atoms with Gasteiger partial charge < -0.3 is 5.73 Å². The second-order valence-electron chi connectivity index (χ2n) is 5.42. The standard InChI is InChI=1S/C14H21FN2O2S/c1-10(12-4-2-3-5-12)17-20(18,19)14-8-11(9-16)6-7-13(14)15/h6-8,10,12,17H,2-5,9,16H2,1H3. The van der Waals surface area contributed by atoms with Crippen molar-refractivity contribution < 1.29 is 12.8 Å². The van der Waals surface area contributed by atoms with E-state index in [9.17, 15) is 12.8 Å². The average Bonchev–Trinajstić information content (AvgIpc) is 2.92. The minimum absolute atomic E-state index is 0.177. The van der Waals surface area contributed by atoms with Crippen molar-refractivity contribution in [2.45, 2.75) is 50.1 Å². The van der Waals surface area contributed by atoms with Gasteiger partial charge >= 0.3 is 0 Å². The van der Waals surface area contributed by atoms with E-state index >= 15 is 0 Å². The molecule has 1 aromatic rings. The molecule has 0 aliphatic heterocycles. The molecule has 3 N–H and O–H groups in total. The first kappa shape index (κ1) is 15.4. The van der Waals surface area contributed by atoms with Gasteiger partial charge in [-0.05, 0) is 43.4 Å². The lowest BCUT2D eigenvalue weighted by atomic mass is 10.0. The minimum atomic E-state index is -3.84. The lowest BCUT2D eigenvalue weighted by Crippen LogP contribution is -2.37. The summed E-state index contributed by atoms with van der Waals surface area (Å²) in [4.78, 5) is -0.315. The number of hydrogen-bond donors (Lipinski definition) is 2. The van der Waals surface area contributed by atoms with E-state index in [-0.39, 0.29) is 17.5 Å². The normalized spacial score (nSPS) is 18.4. The van der Waals surface area contributed by atoms with Crippen LogP contribution in [0.4, 0.5) is 4.39 Å². The van der Waals surface area contributed by atoms with E-state index in [1.807, 2.05) is 6.92 Å². The number of nitrogens with two attached hydrogens (primary N) is 1. The molecule has 1 atom stereocenters. The average molecular weight is 300 g/mol. The number of sulfonamides is 1. The Morgan fingerprint density at radius 3 is 2.65 bits per heavy atom. The summed E-state index contributed by atoms with van der Waals surface area (Å²) >= 11 is 0. The van der Waals surface area contributed by atoms with Crippen LogP contribution in [-0.4, -0.2) is 14.5 Å². The third kappa shape index (κ3) is 3.37. The van der Waals surface area contributed by atoms with Crippen molar-refractivity contribution in [1.29, 1.82) is 0 Å². The van der Waals surface area contributed by atoms with Crippen molar-refractivity contribution >= 4 is 10.0 Å². The largest absolute Gasteiger partial charge is 0.326 e. The number of hydrogen-bond acceptors (Lipinski definition) is 3. The number of nitrogens with one attached hydrogen (secondary N) is 1. The lowest BCUT2D eigenvalue weighted by molar-refractivity contribution is 0.422. The van der Waals surface area contributed by atoms with E-state index in [4.69, 9.17) is 5.73 Å². The molecule has 112 valence electrons. The maximum absolute atomic E-state index is 13.8. The van der Waals surface area contributed by atoms with Crippen LogP contribution >= 0.6 is 0 Å². The topological polar surface area (TPSA) is 72.2 Å². The zero-order valence-corrected chi connectivity index (χ0v) is 12.4. The first-order chi connectivity index (χ1) is 9.44. The van der Waals surface area contributed by atoms with Gasteiger partial charge in [0.05, 0.1) is 0 Å². The predicted molar refractivity (Wildman–Crippen MR) is 76.0 cm³/mol. The summed E-state index contributed by atoms with van der Waals surface area (Å²) < 4.78 is 41.0. The van der Waals surface area contributed by atoms with Gasteiger partial charge in [-0.15, -0.1) is 0 Å². The SMILES string of the molecule is CC(NS(=O)(=O)c1cc(CN)ccc1F)C1CCCC1. The van der Waals surface area contributed by atoms with Crippen LogP contribution in [-0.2, 0) is 16.6 Å². The highest BCUT2D eigenvalue weighted by Gasteiger charge is 2.27. The minimum Gasteiger partial charge on any atom is -0.326 e. The molecule has 2 rings (SSSR count). The van der Waals surface area contributed by atoms with Crippen LogP contribution in [0.5, 0.6) is 0 Å². The van der Waals surface area contributed by atoms with Crippen LogP contribution in [0.1, 0.15) is 38.2 Å². The molecule has 0 aromatic heterocycles. The smallest absolute Gasteiger partial charge is 0.243 e. The summed E-state index contributed by atoms with van der Waals surface area (Å²) in [5.74, 6) is -0.404. The maximum atomic E-state index is 13.8. The molecule has 4 nitrogen and oxygen atoms in total. The fourth-order valence-corrected chi connectivity index (χ4v) is 4.18. The Morgan fingerprint density at radius 2 is 2.05 bits per heavy atom. The van der Waals surface area contributed by atoms with Gasteiger partial charge in [0.1, 0.15) is 10.7 Å². The van der Waals surface area contributed by atoms with Crippen LogP contribution < -0.4 is 10.5 Å². The molecular formula is C14H21FN2O2S. The molecule has 0 saturated heterocycles. The summed E-state index contributed by atoms with van der Waals surface area (Å²) in [5.41, 5.74) is 6.07. The first-order valence-electron chi connectivity index (χ1n) is 6.95. The highest BCUT2D eigenvalue weighted by atomic mass is 32.2. The molecule has 1 aliphatic rings. The Labute approximate surface area is 119 Å². The molecule has 1 aliphatic carbocycles. The molecule has 6 heteroatoms. The molecule has 1 unspecified atom stereocenters. The summed E-state index contributed by atoms with van der Waals surface area (Å²) in [7, 11) is -3.84. The molecule has 1 fully saturated rings. The van der Waals surface area contributed by atoms with Crippen molar-refractivity contribution in [3.05, 3.63) is 29.6 Å². The number of benzene rings is 1. The van der Waals surface area contributed by atoms with E-state index in [0.29, 0.717) is 11.5 Å². The molecule has 1 aromatic carbocycles. The molecule has 1 saturated carbocycles. The quantitative estimate of drug-likeness (QED) is 0.875. The Hall–Kier alpha value is -0.980. The Bertz CT molecular complexity index is 569. The molecule has 0 radical (unpaired) electrons. The van der Waals surface area contributed by atoms with Gasteiger partial charge in [0.25, 0.3) is 0 Å². The summed E-state index contributed by atoms with van der Waals surface area (Å²) in [5, 5.41) is 0. The summed E-state index contributed by atoms with van der Waals surface area (Å²) in [6.07, 6.45) is 4.31. The van der Waals surface area contributed by atoms with Crippen molar-refractivity contribution in [1.82, 2.24) is 4.72 Å². The van der Waals surface area contributed by atoms with Crippen molar-refractivity contribution in [3.63, 3.8) is 0 Å². The zero-order chi connectivity index (χ0) is 14.8. The monoisotopic (exact) mass is 300 g/mol. The van der Waals surface area contributed by atoms with Gasteiger partial charge in [-0.25, -0.2) is 17.5 Å². The molecule has 20 heavy (non-hydrogen) atoms. The van der Waals surface area contributed by atoms with Crippen molar-refractivity contribution in [3.8, 4) is 0 Å². The van der Waals surface area contributed by atoms with E-state index in [1.54, 1.807) is 0 Å². The van der Waals surface area contributed by atoms with Crippen LogP contribution in [0.25, 0.3) is 0 Å². The number of halogens is 1.